The van der Waals surface area contributed by atoms with E-state index in [9.17, 15) is 12.8 Å². The Morgan fingerprint density at radius 3 is 2.52 bits per heavy atom. The number of halogens is 1. The molecule has 3 heterocycles. The molecule has 0 unspecified atom stereocenters. The maximum Gasteiger partial charge on any atom is 0.262 e. The minimum Gasteiger partial charge on any atom is -0.340 e. The number of para-hydroxylation sites is 1. The zero-order chi connectivity index (χ0) is 23.2. The summed E-state index contributed by atoms with van der Waals surface area (Å²) in [6.45, 7) is 3.45. The van der Waals surface area contributed by atoms with E-state index in [0.717, 1.165) is 33.3 Å². The van der Waals surface area contributed by atoms with Crippen LogP contribution in [0.25, 0.3) is 16.5 Å². The average Bonchev–Trinajstić information content (AvgIpc) is 3.37. The molecule has 5 rings (SSSR count). The van der Waals surface area contributed by atoms with Crippen LogP contribution >= 0.6 is 0 Å². The average molecular weight is 465 g/mol. The minimum atomic E-state index is -3.62. The minimum absolute atomic E-state index is 0.0777. The van der Waals surface area contributed by atoms with E-state index >= 15 is 0 Å². The molecule has 0 amide bonds. The van der Waals surface area contributed by atoms with Gasteiger partial charge in [-0.2, -0.15) is 4.31 Å². The van der Waals surface area contributed by atoms with Crippen molar-refractivity contribution in [3.8, 4) is 0 Å². The predicted molar refractivity (Wildman–Crippen MR) is 127 cm³/mol. The van der Waals surface area contributed by atoms with Crippen molar-refractivity contribution >= 4 is 26.5 Å². The van der Waals surface area contributed by atoms with Gasteiger partial charge in [0.05, 0.1) is 6.33 Å². The lowest BCUT2D eigenvalue weighted by Crippen LogP contribution is -2.35. The standard InChI is InChI=1S/C25H25FN4O2S/c1-18-25(20-11-13-29(14-12-20)33(31,32)24-16-28(2)17-27-24)22-5-3-4-6-23(22)30(18)15-19-7-9-21(26)10-8-19/h3-11,16-17H,12-15H2,1-2H3. The monoisotopic (exact) mass is 464 g/mol. The fraction of sp³-hybridized carbons (Fsp3) is 0.240. The number of aryl methyl sites for hydroxylation is 1. The molecule has 6 nitrogen and oxygen atoms in total. The maximum atomic E-state index is 13.4. The second kappa shape index (κ2) is 8.28. The molecule has 1 aliphatic rings. The third kappa shape index (κ3) is 3.89. The molecule has 0 radical (unpaired) electrons. The van der Waals surface area contributed by atoms with E-state index in [0.29, 0.717) is 26.1 Å². The van der Waals surface area contributed by atoms with E-state index in [1.54, 1.807) is 11.6 Å². The highest BCUT2D eigenvalue weighted by Crippen LogP contribution is 2.35. The number of benzene rings is 2. The number of nitrogens with zero attached hydrogens (tertiary/aromatic N) is 4. The third-order valence-corrected chi connectivity index (χ3v) is 8.01. The summed E-state index contributed by atoms with van der Waals surface area (Å²) in [5, 5.41) is 1.22. The van der Waals surface area contributed by atoms with E-state index in [4.69, 9.17) is 0 Å². The quantitative estimate of drug-likeness (QED) is 0.441. The van der Waals surface area contributed by atoms with Gasteiger partial charge in [-0.25, -0.2) is 17.8 Å². The first-order valence-corrected chi connectivity index (χ1v) is 12.3. The second-order valence-electron chi connectivity index (χ2n) is 8.41. The zero-order valence-electron chi connectivity index (χ0n) is 18.6. The first-order chi connectivity index (χ1) is 15.8. The van der Waals surface area contributed by atoms with Gasteiger partial charge in [-0.15, -0.1) is 0 Å². The molecule has 0 bridgehead atoms. The summed E-state index contributed by atoms with van der Waals surface area (Å²) in [5.74, 6) is -0.244. The highest BCUT2D eigenvalue weighted by atomic mass is 32.2. The predicted octanol–water partition coefficient (Wildman–Crippen LogP) is 4.35. The van der Waals surface area contributed by atoms with Gasteiger partial charge >= 0.3 is 0 Å². The van der Waals surface area contributed by atoms with Crippen molar-refractivity contribution in [2.24, 2.45) is 7.05 Å². The Kier molecular flexibility index (Phi) is 5.42. The molecule has 0 atom stereocenters. The number of rotatable bonds is 5. The highest BCUT2D eigenvalue weighted by Gasteiger charge is 2.29. The Labute approximate surface area is 192 Å². The number of hydrogen-bond acceptors (Lipinski definition) is 3. The SMILES string of the molecule is Cc1c(C2=CCN(S(=O)(=O)c3cn(C)cn3)CC2)c2ccccc2n1Cc1ccc(F)cc1. The van der Waals surface area contributed by atoms with Gasteiger partial charge in [-0.05, 0) is 42.7 Å². The first kappa shape index (κ1) is 21.6. The molecule has 2 aromatic heterocycles. The van der Waals surface area contributed by atoms with E-state index < -0.39 is 10.0 Å². The number of imidazole rings is 1. The van der Waals surface area contributed by atoms with Gasteiger partial charge in [0.2, 0.25) is 0 Å². The van der Waals surface area contributed by atoms with Gasteiger partial charge in [0.25, 0.3) is 10.0 Å². The lowest BCUT2D eigenvalue weighted by atomic mass is 9.97. The summed E-state index contributed by atoms with van der Waals surface area (Å²) in [5.41, 5.74) is 5.56. The van der Waals surface area contributed by atoms with Crippen LogP contribution in [0.5, 0.6) is 0 Å². The van der Waals surface area contributed by atoms with Crippen molar-refractivity contribution < 1.29 is 12.8 Å². The van der Waals surface area contributed by atoms with E-state index in [1.165, 1.54) is 29.0 Å². The van der Waals surface area contributed by atoms with Crippen LogP contribution in [0.3, 0.4) is 0 Å². The Morgan fingerprint density at radius 1 is 1.09 bits per heavy atom. The van der Waals surface area contributed by atoms with Gasteiger partial charge in [-0.3, -0.25) is 0 Å². The van der Waals surface area contributed by atoms with Crippen molar-refractivity contribution in [2.45, 2.75) is 24.9 Å². The Hall–Kier alpha value is -3.23. The number of aromatic nitrogens is 3. The molecule has 0 saturated carbocycles. The van der Waals surface area contributed by atoms with Gasteiger partial charge in [0.15, 0.2) is 5.03 Å². The highest BCUT2D eigenvalue weighted by molar-refractivity contribution is 7.89. The van der Waals surface area contributed by atoms with Crippen molar-refractivity contribution in [2.75, 3.05) is 13.1 Å². The molecule has 0 saturated heterocycles. The molecule has 0 N–H and O–H groups in total. The van der Waals surface area contributed by atoms with Crippen LogP contribution in [0, 0.1) is 12.7 Å². The summed E-state index contributed by atoms with van der Waals surface area (Å²) in [4.78, 5) is 4.03. The van der Waals surface area contributed by atoms with E-state index in [2.05, 4.69) is 28.6 Å². The topological polar surface area (TPSA) is 60.1 Å². The van der Waals surface area contributed by atoms with Crippen LogP contribution in [0.15, 0.2) is 72.2 Å². The molecule has 4 aromatic rings. The van der Waals surface area contributed by atoms with Crippen LogP contribution in [0.4, 0.5) is 4.39 Å². The fourth-order valence-corrected chi connectivity index (χ4v) is 5.91. The lowest BCUT2D eigenvalue weighted by molar-refractivity contribution is 0.439. The van der Waals surface area contributed by atoms with Gasteiger partial charge in [0.1, 0.15) is 5.82 Å². The molecule has 0 fully saturated rings. The third-order valence-electron chi connectivity index (χ3n) is 6.26. The molecule has 1 aliphatic heterocycles. The van der Waals surface area contributed by atoms with Crippen LogP contribution in [-0.2, 0) is 23.6 Å². The molecular formula is C25H25FN4O2S. The summed E-state index contributed by atoms with van der Waals surface area (Å²) in [6.07, 6.45) is 5.66. The van der Waals surface area contributed by atoms with Gasteiger partial charge in [-0.1, -0.05) is 36.4 Å². The van der Waals surface area contributed by atoms with Crippen molar-refractivity contribution in [3.05, 3.63) is 89.8 Å². The summed E-state index contributed by atoms with van der Waals surface area (Å²) in [7, 11) is -1.86. The number of fused-ring (bicyclic) bond motifs is 1. The lowest BCUT2D eigenvalue weighted by Gasteiger charge is -2.25. The first-order valence-electron chi connectivity index (χ1n) is 10.8. The number of hydrogen-bond donors (Lipinski definition) is 0. The van der Waals surface area contributed by atoms with Crippen molar-refractivity contribution in [3.63, 3.8) is 0 Å². The van der Waals surface area contributed by atoms with Gasteiger partial charge < -0.3 is 9.13 Å². The summed E-state index contributed by atoms with van der Waals surface area (Å²) < 4.78 is 44.6. The maximum absolute atomic E-state index is 13.4. The largest absolute Gasteiger partial charge is 0.340 e. The van der Waals surface area contributed by atoms with Crippen LogP contribution in [0.1, 0.15) is 23.2 Å². The summed E-state index contributed by atoms with van der Waals surface area (Å²) in [6, 6.07) is 14.8. The zero-order valence-corrected chi connectivity index (χ0v) is 19.4. The van der Waals surface area contributed by atoms with Crippen molar-refractivity contribution in [1.82, 2.24) is 18.4 Å². The van der Waals surface area contributed by atoms with Crippen LogP contribution in [0.2, 0.25) is 0 Å². The Balaban J connectivity index is 1.49. The molecular weight excluding hydrogens is 439 g/mol. The second-order valence-corrected chi connectivity index (χ2v) is 10.3. The molecule has 0 aliphatic carbocycles. The Bertz CT molecular complexity index is 1470. The van der Waals surface area contributed by atoms with Crippen LogP contribution in [-0.4, -0.2) is 39.9 Å². The van der Waals surface area contributed by atoms with E-state index in [1.807, 2.05) is 30.3 Å². The molecule has 170 valence electrons. The molecule has 2 aromatic carbocycles. The normalized spacial score (nSPS) is 15.2. The smallest absolute Gasteiger partial charge is 0.262 e. The molecule has 33 heavy (non-hydrogen) atoms. The number of sulfonamides is 1. The molecule has 0 spiro atoms. The Morgan fingerprint density at radius 2 is 1.85 bits per heavy atom. The van der Waals surface area contributed by atoms with Gasteiger partial charge in [0, 0.05) is 55.0 Å². The van der Waals surface area contributed by atoms with E-state index in [-0.39, 0.29) is 10.8 Å². The van der Waals surface area contributed by atoms with Crippen LogP contribution < -0.4 is 0 Å². The summed E-state index contributed by atoms with van der Waals surface area (Å²) >= 11 is 0. The van der Waals surface area contributed by atoms with Crippen molar-refractivity contribution in [1.29, 1.82) is 0 Å². The molecule has 8 heteroatoms. The fourth-order valence-electron chi connectivity index (χ4n) is 4.56.